The van der Waals surface area contributed by atoms with Gasteiger partial charge in [-0.05, 0) is 36.6 Å². The zero-order valence-corrected chi connectivity index (χ0v) is 18.6. The molecule has 1 aliphatic rings. The van der Waals surface area contributed by atoms with Crippen molar-refractivity contribution in [3.63, 3.8) is 0 Å². The van der Waals surface area contributed by atoms with Gasteiger partial charge in [-0.2, -0.15) is 26.3 Å². The number of fused-ring (bicyclic) bond motifs is 2. The maximum atomic E-state index is 13.4. The van der Waals surface area contributed by atoms with Gasteiger partial charge in [0.15, 0.2) is 0 Å². The molecule has 0 atom stereocenters. The number of alkyl halides is 6. The highest BCUT2D eigenvalue weighted by atomic mass is 19.4. The Morgan fingerprint density at radius 1 is 1.14 bits per heavy atom. The Morgan fingerprint density at radius 2 is 1.89 bits per heavy atom. The molecule has 1 aliphatic heterocycles. The van der Waals surface area contributed by atoms with Crippen molar-refractivity contribution < 1.29 is 35.9 Å². The van der Waals surface area contributed by atoms with Gasteiger partial charge in [0.05, 0.1) is 23.7 Å². The molecule has 188 valence electrons. The summed E-state index contributed by atoms with van der Waals surface area (Å²) in [6, 6.07) is 4.66. The Morgan fingerprint density at radius 3 is 2.51 bits per heavy atom. The van der Waals surface area contributed by atoms with E-state index in [1.54, 1.807) is 13.0 Å². The molecule has 1 aromatic carbocycles. The second-order valence-electron chi connectivity index (χ2n) is 7.93. The van der Waals surface area contributed by atoms with Crippen molar-refractivity contribution in [1.29, 1.82) is 0 Å². The average molecular weight is 501 g/mol. The lowest BCUT2D eigenvalue weighted by Crippen LogP contribution is -2.43. The Kier molecular flexibility index (Phi) is 6.20. The number of pyridine rings is 1. The van der Waals surface area contributed by atoms with Crippen LogP contribution in [0.1, 0.15) is 23.6 Å². The van der Waals surface area contributed by atoms with E-state index in [2.05, 4.69) is 20.6 Å². The fourth-order valence-electron chi connectivity index (χ4n) is 4.10. The number of nitrogens with zero attached hydrogens (tertiary/aromatic N) is 2. The van der Waals surface area contributed by atoms with Crippen LogP contribution in [-0.4, -0.2) is 47.2 Å². The molecule has 35 heavy (non-hydrogen) atoms. The van der Waals surface area contributed by atoms with Crippen molar-refractivity contribution in [3.05, 3.63) is 41.1 Å². The van der Waals surface area contributed by atoms with Gasteiger partial charge in [-0.1, -0.05) is 0 Å². The first-order chi connectivity index (χ1) is 16.4. The third-order valence-electron chi connectivity index (χ3n) is 5.64. The van der Waals surface area contributed by atoms with Crippen LogP contribution in [0.4, 0.5) is 43.5 Å². The Labute approximate surface area is 195 Å². The minimum atomic E-state index is -4.96. The van der Waals surface area contributed by atoms with Crippen LogP contribution in [0.2, 0.25) is 0 Å². The predicted molar refractivity (Wildman–Crippen MR) is 117 cm³/mol. The maximum absolute atomic E-state index is 13.4. The Bertz CT molecular complexity index is 1270. The van der Waals surface area contributed by atoms with Crippen molar-refractivity contribution in [3.8, 4) is 5.75 Å². The summed E-state index contributed by atoms with van der Waals surface area (Å²) in [4.78, 5) is 19.2. The molecule has 0 saturated heterocycles. The van der Waals surface area contributed by atoms with E-state index >= 15 is 0 Å². The molecule has 0 aliphatic carbocycles. The summed E-state index contributed by atoms with van der Waals surface area (Å²) < 4.78 is 84.1. The van der Waals surface area contributed by atoms with Crippen LogP contribution >= 0.6 is 0 Å². The summed E-state index contributed by atoms with van der Waals surface area (Å²) in [6.45, 7) is 1.80. The van der Waals surface area contributed by atoms with Crippen LogP contribution in [0.5, 0.6) is 5.75 Å². The molecule has 4 rings (SSSR count). The summed E-state index contributed by atoms with van der Waals surface area (Å²) >= 11 is 0. The first kappa shape index (κ1) is 24.5. The standard InChI is InChI=1S/C22H21F6N5O2/c1-3-29-15-8-17(32-19-18(15)13(9-30-19)21(23,24)25)31-14-6-11-4-5-33(20(34)22(26,27)28)10-12(11)7-16(14)35-2/h6-9H,3-5,10H2,1-2H3,(H3,29,30,31,32). The molecule has 0 saturated carbocycles. The number of benzene rings is 1. The topological polar surface area (TPSA) is 82.3 Å². The highest BCUT2D eigenvalue weighted by Crippen LogP contribution is 2.40. The lowest BCUT2D eigenvalue weighted by Gasteiger charge is -2.30. The number of anilines is 3. The van der Waals surface area contributed by atoms with Crippen molar-refractivity contribution in [2.75, 3.05) is 30.8 Å². The molecule has 0 spiro atoms. The second-order valence-corrected chi connectivity index (χ2v) is 7.93. The van der Waals surface area contributed by atoms with E-state index in [0.29, 0.717) is 23.4 Å². The summed E-state index contributed by atoms with van der Waals surface area (Å²) in [5.74, 6) is -1.40. The average Bonchev–Trinajstić information content (AvgIpc) is 3.22. The molecule has 0 fully saturated rings. The number of hydrogen-bond donors (Lipinski definition) is 3. The van der Waals surface area contributed by atoms with Crippen molar-refractivity contribution in [1.82, 2.24) is 14.9 Å². The fourth-order valence-corrected chi connectivity index (χ4v) is 4.10. The highest BCUT2D eigenvalue weighted by Gasteiger charge is 2.43. The van der Waals surface area contributed by atoms with Crippen molar-refractivity contribution >= 4 is 34.1 Å². The van der Waals surface area contributed by atoms with Crippen molar-refractivity contribution in [2.45, 2.75) is 32.2 Å². The zero-order chi connectivity index (χ0) is 25.5. The van der Waals surface area contributed by atoms with Crippen LogP contribution in [0.3, 0.4) is 0 Å². The van der Waals surface area contributed by atoms with Gasteiger partial charge in [-0.25, -0.2) is 4.98 Å². The van der Waals surface area contributed by atoms with Gasteiger partial charge in [-0.15, -0.1) is 0 Å². The Hall–Kier alpha value is -3.64. The molecule has 1 amide bonds. The summed E-state index contributed by atoms with van der Waals surface area (Å²) in [6.07, 6.45) is -8.48. The van der Waals surface area contributed by atoms with Crippen LogP contribution < -0.4 is 15.4 Å². The molecule has 2 aromatic heterocycles. The number of aromatic amines is 1. The number of methoxy groups -OCH3 is 1. The first-order valence-corrected chi connectivity index (χ1v) is 10.6. The SMILES string of the molecule is CCNc1cc(Nc2cc3c(cc2OC)CN(C(=O)C(F)(F)F)CC3)nc2[nH]cc(C(F)(F)F)c12. The molecule has 3 aromatic rings. The second kappa shape index (κ2) is 8.86. The number of amides is 1. The number of carbonyl (C=O) groups is 1. The smallest absolute Gasteiger partial charge is 0.471 e. The molecule has 0 radical (unpaired) electrons. The van der Waals surface area contributed by atoms with E-state index in [4.69, 9.17) is 4.74 Å². The number of carbonyl (C=O) groups excluding carboxylic acids is 1. The molecule has 7 nitrogen and oxygen atoms in total. The van der Waals surface area contributed by atoms with Crippen LogP contribution in [0, 0.1) is 0 Å². The maximum Gasteiger partial charge on any atom is 0.471 e. The van der Waals surface area contributed by atoms with Gasteiger partial charge in [0.1, 0.15) is 17.2 Å². The molecular weight excluding hydrogens is 480 g/mol. The van der Waals surface area contributed by atoms with Gasteiger partial charge < -0.3 is 25.3 Å². The molecule has 0 unspecified atom stereocenters. The number of H-pyrrole nitrogens is 1. The fraction of sp³-hybridized carbons (Fsp3) is 0.364. The largest absolute Gasteiger partial charge is 0.495 e. The predicted octanol–water partition coefficient (Wildman–Crippen LogP) is 5.21. The molecule has 3 heterocycles. The van der Waals surface area contributed by atoms with Crippen LogP contribution in [0.25, 0.3) is 11.0 Å². The van der Waals surface area contributed by atoms with E-state index in [9.17, 15) is 31.1 Å². The van der Waals surface area contributed by atoms with Crippen molar-refractivity contribution in [2.24, 2.45) is 0 Å². The minimum absolute atomic E-state index is 0.0245. The molecule has 3 N–H and O–H groups in total. The third-order valence-corrected chi connectivity index (χ3v) is 5.64. The Balaban J connectivity index is 1.68. The van der Waals surface area contributed by atoms with E-state index in [0.717, 1.165) is 11.1 Å². The highest BCUT2D eigenvalue weighted by molar-refractivity contribution is 5.95. The number of nitrogens with one attached hydrogen (secondary N) is 3. The number of halogens is 6. The monoisotopic (exact) mass is 501 g/mol. The van der Waals surface area contributed by atoms with Gasteiger partial charge in [0.2, 0.25) is 0 Å². The first-order valence-electron chi connectivity index (χ1n) is 10.6. The van der Waals surface area contributed by atoms with Gasteiger partial charge >= 0.3 is 18.3 Å². The van der Waals surface area contributed by atoms with Crippen LogP contribution in [-0.2, 0) is 23.9 Å². The molecule has 0 bridgehead atoms. The van der Waals surface area contributed by atoms with Gasteiger partial charge in [0, 0.05) is 37.6 Å². The van der Waals surface area contributed by atoms with E-state index in [-0.39, 0.29) is 47.8 Å². The normalized spacial score (nSPS) is 14.1. The number of hydrogen-bond acceptors (Lipinski definition) is 5. The quantitative estimate of drug-likeness (QED) is 0.418. The summed E-state index contributed by atoms with van der Waals surface area (Å²) in [7, 11) is 1.37. The summed E-state index contributed by atoms with van der Waals surface area (Å²) in [5, 5.41) is 5.87. The number of ether oxygens (including phenoxy) is 1. The lowest BCUT2D eigenvalue weighted by atomic mass is 9.98. The van der Waals surface area contributed by atoms with E-state index < -0.39 is 23.8 Å². The molecular formula is C22H21F6N5O2. The van der Waals surface area contributed by atoms with Crippen LogP contribution in [0.15, 0.2) is 24.4 Å². The lowest BCUT2D eigenvalue weighted by molar-refractivity contribution is -0.186. The van der Waals surface area contributed by atoms with E-state index in [1.165, 1.54) is 19.2 Å². The third kappa shape index (κ3) is 4.80. The zero-order valence-electron chi connectivity index (χ0n) is 18.6. The van der Waals surface area contributed by atoms with Gasteiger partial charge in [-0.3, -0.25) is 4.79 Å². The number of aromatic nitrogens is 2. The summed E-state index contributed by atoms with van der Waals surface area (Å²) in [5.41, 5.74) is 1.06. The minimum Gasteiger partial charge on any atom is -0.495 e. The molecule has 13 heteroatoms. The van der Waals surface area contributed by atoms with Gasteiger partial charge in [0.25, 0.3) is 0 Å². The number of rotatable bonds is 5. The van der Waals surface area contributed by atoms with E-state index in [1.807, 2.05) is 0 Å².